The summed E-state index contributed by atoms with van der Waals surface area (Å²) in [7, 11) is 0. The largest absolute Gasteiger partial charge is 0.493 e. The second kappa shape index (κ2) is 6.27. The lowest BCUT2D eigenvalue weighted by atomic mass is 10.0. The van der Waals surface area contributed by atoms with Crippen molar-refractivity contribution in [3.63, 3.8) is 0 Å². The molecule has 0 radical (unpaired) electrons. The molecule has 0 unspecified atom stereocenters. The second-order valence-corrected chi connectivity index (χ2v) is 5.50. The van der Waals surface area contributed by atoms with Gasteiger partial charge in [-0.25, -0.2) is 0 Å². The van der Waals surface area contributed by atoms with E-state index in [2.05, 4.69) is 36.4 Å². The van der Waals surface area contributed by atoms with Crippen molar-refractivity contribution in [1.29, 1.82) is 0 Å². The van der Waals surface area contributed by atoms with Gasteiger partial charge in [-0.2, -0.15) is 0 Å². The summed E-state index contributed by atoms with van der Waals surface area (Å²) in [5.74, 6) is 1.79. The van der Waals surface area contributed by atoms with E-state index in [9.17, 15) is 0 Å². The number of hydrogen-bond donors (Lipinski definition) is 0. The summed E-state index contributed by atoms with van der Waals surface area (Å²) in [5, 5.41) is 2.57. The molecule has 0 N–H and O–H groups in total. The summed E-state index contributed by atoms with van der Waals surface area (Å²) in [4.78, 5) is 0. The highest BCUT2D eigenvalue weighted by atomic mass is 16.5. The molecule has 106 valence electrons. The smallest absolute Gasteiger partial charge is 0.119 e. The Morgan fingerprint density at radius 3 is 2.85 bits per heavy atom. The first kappa shape index (κ1) is 13.4. The Bertz CT molecular complexity index is 573. The molecule has 0 heterocycles. The molecule has 2 nitrogen and oxygen atoms in total. The summed E-state index contributed by atoms with van der Waals surface area (Å²) in [5.41, 5.74) is 1.35. The molecule has 0 atom stereocenters. The van der Waals surface area contributed by atoms with Crippen LogP contribution in [0.15, 0.2) is 36.4 Å². The predicted octanol–water partition coefficient (Wildman–Crippen LogP) is 4.21. The molecule has 20 heavy (non-hydrogen) atoms. The van der Waals surface area contributed by atoms with Gasteiger partial charge in [-0.15, -0.1) is 0 Å². The number of rotatable bonds is 7. The minimum Gasteiger partial charge on any atom is -0.493 e. The van der Waals surface area contributed by atoms with Crippen LogP contribution in [0.1, 0.15) is 25.3 Å². The van der Waals surface area contributed by atoms with Gasteiger partial charge < -0.3 is 9.47 Å². The molecule has 2 heteroatoms. The summed E-state index contributed by atoms with van der Waals surface area (Å²) in [6, 6.07) is 12.9. The lowest BCUT2D eigenvalue weighted by Crippen LogP contribution is -2.00. The maximum atomic E-state index is 5.85. The van der Waals surface area contributed by atoms with Crippen molar-refractivity contribution in [3.05, 3.63) is 42.0 Å². The molecule has 0 bridgehead atoms. The van der Waals surface area contributed by atoms with Crippen molar-refractivity contribution < 1.29 is 9.47 Å². The van der Waals surface area contributed by atoms with E-state index in [-0.39, 0.29) is 0 Å². The third-order valence-corrected chi connectivity index (χ3v) is 3.84. The Labute approximate surface area is 120 Å². The minimum atomic E-state index is 0.782. The topological polar surface area (TPSA) is 18.5 Å². The standard InChI is InChI=1S/C18H22O2/c1-2-19-11-10-15-4-3-5-16-12-17(8-9-18(15)16)20-13-14-6-7-14/h3-5,8-9,12,14H,2,6-7,10-11,13H2,1H3. The van der Waals surface area contributed by atoms with Crippen LogP contribution in [0.4, 0.5) is 0 Å². The third-order valence-electron chi connectivity index (χ3n) is 3.84. The zero-order valence-corrected chi connectivity index (χ0v) is 12.1. The molecule has 0 spiro atoms. The number of benzene rings is 2. The molecule has 1 aliphatic rings. The van der Waals surface area contributed by atoms with E-state index in [0.29, 0.717) is 0 Å². The van der Waals surface area contributed by atoms with Crippen LogP contribution < -0.4 is 4.74 Å². The van der Waals surface area contributed by atoms with E-state index in [1.165, 1.54) is 29.2 Å². The van der Waals surface area contributed by atoms with E-state index < -0.39 is 0 Å². The molecule has 0 aromatic heterocycles. The van der Waals surface area contributed by atoms with Crippen LogP contribution in [0.25, 0.3) is 10.8 Å². The number of fused-ring (bicyclic) bond motifs is 1. The van der Waals surface area contributed by atoms with Crippen molar-refractivity contribution >= 4 is 10.8 Å². The van der Waals surface area contributed by atoms with Gasteiger partial charge in [-0.05, 0) is 60.6 Å². The van der Waals surface area contributed by atoms with Crippen LogP contribution >= 0.6 is 0 Å². The van der Waals surface area contributed by atoms with Crippen molar-refractivity contribution in [3.8, 4) is 5.75 Å². The molecule has 0 aliphatic heterocycles. The van der Waals surface area contributed by atoms with Crippen LogP contribution in [-0.2, 0) is 11.2 Å². The van der Waals surface area contributed by atoms with Gasteiger partial charge in [0.25, 0.3) is 0 Å². The Kier molecular flexibility index (Phi) is 4.22. The molecule has 2 aromatic rings. The predicted molar refractivity (Wildman–Crippen MR) is 82.4 cm³/mol. The highest BCUT2D eigenvalue weighted by molar-refractivity contribution is 5.87. The first-order chi connectivity index (χ1) is 9.86. The molecular formula is C18H22O2. The van der Waals surface area contributed by atoms with Gasteiger partial charge in [0.15, 0.2) is 0 Å². The van der Waals surface area contributed by atoms with Gasteiger partial charge in [0.1, 0.15) is 5.75 Å². The van der Waals surface area contributed by atoms with Crippen LogP contribution in [0.3, 0.4) is 0 Å². The average Bonchev–Trinajstić information content (AvgIpc) is 3.29. The SMILES string of the molecule is CCOCCc1cccc2cc(OCC3CC3)ccc12. The monoisotopic (exact) mass is 270 g/mol. The Hall–Kier alpha value is -1.54. The first-order valence-corrected chi connectivity index (χ1v) is 7.59. The zero-order chi connectivity index (χ0) is 13.8. The zero-order valence-electron chi connectivity index (χ0n) is 12.1. The fraction of sp³-hybridized carbons (Fsp3) is 0.444. The van der Waals surface area contributed by atoms with E-state index >= 15 is 0 Å². The van der Waals surface area contributed by atoms with Gasteiger partial charge in [-0.3, -0.25) is 0 Å². The van der Waals surface area contributed by atoms with E-state index in [1.807, 2.05) is 6.92 Å². The van der Waals surface area contributed by atoms with Crippen molar-refractivity contribution in [2.24, 2.45) is 5.92 Å². The molecule has 0 saturated heterocycles. The van der Waals surface area contributed by atoms with Gasteiger partial charge in [-0.1, -0.05) is 24.3 Å². The minimum absolute atomic E-state index is 0.782. The molecule has 0 amide bonds. The Morgan fingerprint density at radius 1 is 1.15 bits per heavy atom. The summed E-state index contributed by atoms with van der Waals surface area (Å²) in [6.45, 7) is 4.47. The maximum absolute atomic E-state index is 5.85. The maximum Gasteiger partial charge on any atom is 0.119 e. The van der Waals surface area contributed by atoms with Crippen LogP contribution in [0, 0.1) is 5.92 Å². The van der Waals surface area contributed by atoms with E-state index in [1.54, 1.807) is 0 Å². The second-order valence-electron chi connectivity index (χ2n) is 5.50. The average molecular weight is 270 g/mol. The van der Waals surface area contributed by atoms with Gasteiger partial charge in [0.05, 0.1) is 13.2 Å². The molecular weight excluding hydrogens is 248 g/mol. The molecule has 1 saturated carbocycles. The molecule has 2 aromatic carbocycles. The van der Waals surface area contributed by atoms with Gasteiger partial charge >= 0.3 is 0 Å². The normalized spacial score (nSPS) is 14.7. The van der Waals surface area contributed by atoms with Crippen molar-refractivity contribution in [1.82, 2.24) is 0 Å². The Balaban J connectivity index is 1.75. The van der Waals surface area contributed by atoms with Crippen LogP contribution in [-0.4, -0.2) is 19.8 Å². The fourth-order valence-electron chi connectivity index (χ4n) is 2.46. The molecule has 1 fully saturated rings. The highest BCUT2D eigenvalue weighted by Crippen LogP contribution is 2.30. The van der Waals surface area contributed by atoms with Crippen LogP contribution in [0.5, 0.6) is 5.75 Å². The quantitative estimate of drug-likeness (QED) is 0.702. The summed E-state index contributed by atoms with van der Waals surface area (Å²) in [6.07, 6.45) is 3.62. The van der Waals surface area contributed by atoms with Crippen molar-refractivity contribution in [2.45, 2.75) is 26.2 Å². The first-order valence-electron chi connectivity index (χ1n) is 7.59. The lowest BCUT2D eigenvalue weighted by molar-refractivity contribution is 0.151. The molecule has 3 rings (SSSR count). The summed E-state index contributed by atoms with van der Waals surface area (Å²) >= 11 is 0. The fourth-order valence-corrected chi connectivity index (χ4v) is 2.46. The summed E-state index contributed by atoms with van der Waals surface area (Å²) < 4.78 is 11.3. The molecule has 1 aliphatic carbocycles. The van der Waals surface area contributed by atoms with E-state index in [0.717, 1.165) is 37.9 Å². The van der Waals surface area contributed by atoms with Gasteiger partial charge in [0.2, 0.25) is 0 Å². The van der Waals surface area contributed by atoms with Crippen molar-refractivity contribution in [2.75, 3.05) is 19.8 Å². The highest BCUT2D eigenvalue weighted by Gasteiger charge is 2.21. The Morgan fingerprint density at radius 2 is 2.05 bits per heavy atom. The lowest BCUT2D eigenvalue weighted by Gasteiger charge is -2.10. The third kappa shape index (κ3) is 3.31. The van der Waals surface area contributed by atoms with Crippen LogP contribution in [0.2, 0.25) is 0 Å². The van der Waals surface area contributed by atoms with E-state index in [4.69, 9.17) is 9.47 Å². The number of hydrogen-bond acceptors (Lipinski definition) is 2. The van der Waals surface area contributed by atoms with Gasteiger partial charge in [0, 0.05) is 6.61 Å². The number of ether oxygens (including phenoxy) is 2.